The van der Waals surface area contributed by atoms with Gasteiger partial charge in [-0.25, -0.2) is 0 Å². The lowest BCUT2D eigenvalue weighted by molar-refractivity contribution is 0.445. The highest BCUT2D eigenvalue weighted by Crippen LogP contribution is 2.54. The Morgan fingerprint density at radius 2 is 2.12 bits per heavy atom. The van der Waals surface area contributed by atoms with Gasteiger partial charge in [-0.1, -0.05) is 54.1 Å². The second kappa shape index (κ2) is 3.22. The van der Waals surface area contributed by atoms with Crippen LogP contribution in [0.15, 0.2) is 48.6 Å². The molecule has 0 radical (unpaired) electrons. The Morgan fingerprint density at radius 1 is 1.18 bits per heavy atom. The molecule has 0 aliphatic heterocycles. The summed E-state index contributed by atoms with van der Waals surface area (Å²) in [5.74, 6) is 2.06. The maximum Gasteiger partial charge on any atom is 0.00987 e. The van der Waals surface area contributed by atoms with Crippen LogP contribution in [0, 0.1) is 18.8 Å². The predicted molar refractivity (Wildman–Crippen MR) is 71.8 cm³/mol. The van der Waals surface area contributed by atoms with Gasteiger partial charge in [0.1, 0.15) is 0 Å². The fourth-order valence-corrected chi connectivity index (χ4v) is 3.73. The molecule has 17 heavy (non-hydrogen) atoms. The van der Waals surface area contributed by atoms with E-state index in [1.807, 2.05) is 0 Å². The molecule has 0 fully saturated rings. The number of fused-ring (bicyclic) bond motifs is 3. The summed E-state index contributed by atoms with van der Waals surface area (Å²) in [5.41, 5.74) is 5.99. The van der Waals surface area contributed by atoms with Crippen molar-refractivity contribution in [1.82, 2.24) is 0 Å². The lowest BCUT2D eigenvalue weighted by atomic mass is 9.73. The van der Waals surface area contributed by atoms with Crippen LogP contribution < -0.4 is 0 Å². The Balaban J connectivity index is 1.99. The van der Waals surface area contributed by atoms with Crippen molar-refractivity contribution in [2.75, 3.05) is 0 Å². The molecule has 4 rings (SSSR count). The number of hydrogen-bond donors (Lipinski definition) is 0. The molecule has 1 aromatic carbocycles. The van der Waals surface area contributed by atoms with Crippen LogP contribution in [0.25, 0.3) is 5.57 Å². The quantitative estimate of drug-likeness (QED) is 0.574. The Labute approximate surface area is 102 Å². The van der Waals surface area contributed by atoms with Crippen LogP contribution in [0.1, 0.15) is 29.0 Å². The molecule has 0 nitrogen and oxygen atoms in total. The smallest absolute Gasteiger partial charge is 0.00987 e. The summed E-state index contributed by atoms with van der Waals surface area (Å²) in [6, 6.07) is 6.95. The Bertz CT molecular complexity index is 572. The fraction of sp³-hybridized carbons (Fsp3) is 0.294. The predicted octanol–water partition coefficient (Wildman–Crippen LogP) is 4.24. The molecule has 0 saturated heterocycles. The number of allylic oxidation sites excluding steroid dienone is 6. The lowest BCUT2D eigenvalue weighted by Gasteiger charge is -2.31. The maximum atomic E-state index is 2.43. The van der Waals surface area contributed by atoms with Gasteiger partial charge in [0, 0.05) is 11.8 Å². The summed E-state index contributed by atoms with van der Waals surface area (Å²) < 4.78 is 0. The van der Waals surface area contributed by atoms with Crippen molar-refractivity contribution in [2.24, 2.45) is 11.8 Å². The molecule has 3 aliphatic rings. The maximum absolute atomic E-state index is 2.43. The minimum Gasteiger partial charge on any atom is -0.0873 e. The molecule has 0 aromatic heterocycles. The molecule has 0 heterocycles. The first-order valence-electron chi connectivity index (χ1n) is 6.50. The van der Waals surface area contributed by atoms with Crippen molar-refractivity contribution < 1.29 is 0 Å². The summed E-state index contributed by atoms with van der Waals surface area (Å²) in [6.45, 7) is 2.19. The summed E-state index contributed by atoms with van der Waals surface area (Å²) >= 11 is 0. The van der Waals surface area contributed by atoms with Gasteiger partial charge in [0.05, 0.1) is 0 Å². The van der Waals surface area contributed by atoms with Crippen molar-refractivity contribution in [2.45, 2.75) is 19.3 Å². The molecule has 0 spiro atoms. The van der Waals surface area contributed by atoms with Gasteiger partial charge in [-0.15, -0.1) is 0 Å². The fourth-order valence-electron chi connectivity index (χ4n) is 3.73. The molecule has 0 bridgehead atoms. The Morgan fingerprint density at radius 3 is 3.06 bits per heavy atom. The van der Waals surface area contributed by atoms with Gasteiger partial charge < -0.3 is 0 Å². The topological polar surface area (TPSA) is 0 Å². The van der Waals surface area contributed by atoms with E-state index in [2.05, 4.69) is 55.5 Å². The van der Waals surface area contributed by atoms with Crippen LogP contribution in [-0.4, -0.2) is 0 Å². The molecule has 84 valence electrons. The van der Waals surface area contributed by atoms with E-state index < -0.39 is 0 Å². The van der Waals surface area contributed by atoms with Gasteiger partial charge in [0.25, 0.3) is 0 Å². The van der Waals surface area contributed by atoms with E-state index in [0.717, 1.165) is 5.92 Å². The zero-order valence-corrected chi connectivity index (χ0v) is 10.1. The molecule has 0 heteroatoms. The van der Waals surface area contributed by atoms with Crippen LogP contribution in [0.4, 0.5) is 0 Å². The van der Waals surface area contributed by atoms with Crippen molar-refractivity contribution >= 4 is 5.57 Å². The standard InChI is InChI=1S/C17H16/c1-11-8-9-13-14-6-2-4-12-5-3-7-15(17(12)14)16(13)10-11/h2-3,5-10,12,14,17H,4H2,1H3. The second-order valence-electron chi connectivity index (χ2n) is 5.48. The van der Waals surface area contributed by atoms with Gasteiger partial charge in [-0.05, 0) is 36.0 Å². The third-order valence-electron chi connectivity index (χ3n) is 4.47. The van der Waals surface area contributed by atoms with Crippen molar-refractivity contribution in [1.29, 1.82) is 0 Å². The van der Waals surface area contributed by atoms with E-state index in [4.69, 9.17) is 0 Å². The number of hydrogen-bond acceptors (Lipinski definition) is 0. The largest absolute Gasteiger partial charge is 0.0873 e. The molecule has 3 unspecified atom stereocenters. The average molecular weight is 220 g/mol. The minimum atomic E-state index is 0.626. The highest BCUT2D eigenvalue weighted by molar-refractivity contribution is 5.80. The summed E-state index contributed by atoms with van der Waals surface area (Å²) in [7, 11) is 0. The van der Waals surface area contributed by atoms with Gasteiger partial charge >= 0.3 is 0 Å². The zero-order valence-electron chi connectivity index (χ0n) is 10.1. The average Bonchev–Trinajstić information content (AvgIpc) is 2.67. The molecular formula is C17H16. The van der Waals surface area contributed by atoms with Gasteiger partial charge in [0.15, 0.2) is 0 Å². The van der Waals surface area contributed by atoms with E-state index in [1.54, 1.807) is 5.57 Å². The first-order chi connectivity index (χ1) is 8.34. The van der Waals surface area contributed by atoms with Crippen LogP contribution in [-0.2, 0) is 0 Å². The van der Waals surface area contributed by atoms with Crippen molar-refractivity contribution in [3.63, 3.8) is 0 Å². The summed E-state index contributed by atoms with van der Waals surface area (Å²) in [5, 5.41) is 0. The third-order valence-corrected chi connectivity index (χ3v) is 4.47. The summed E-state index contributed by atoms with van der Waals surface area (Å²) in [6.07, 6.45) is 13.0. The number of benzene rings is 1. The molecule has 3 aliphatic carbocycles. The minimum absolute atomic E-state index is 0.626. The monoisotopic (exact) mass is 220 g/mol. The van der Waals surface area contributed by atoms with Gasteiger partial charge in [0.2, 0.25) is 0 Å². The summed E-state index contributed by atoms with van der Waals surface area (Å²) in [4.78, 5) is 0. The van der Waals surface area contributed by atoms with E-state index in [9.17, 15) is 0 Å². The second-order valence-corrected chi connectivity index (χ2v) is 5.48. The molecule has 3 atom stereocenters. The Kier molecular flexibility index (Phi) is 1.80. The van der Waals surface area contributed by atoms with E-state index in [-0.39, 0.29) is 0 Å². The SMILES string of the molecule is Cc1ccc2c(c1)C1=CC=CC3CC=CC2C13. The Hall–Kier alpha value is -1.56. The van der Waals surface area contributed by atoms with Crippen LogP contribution in [0.5, 0.6) is 0 Å². The molecule has 0 amide bonds. The van der Waals surface area contributed by atoms with Crippen LogP contribution in [0.3, 0.4) is 0 Å². The first kappa shape index (κ1) is 9.47. The van der Waals surface area contributed by atoms with E-state index >= 15 is 0 Å². The third kappa shape index (κ3) is 1.18. The number of rotatable bonds is 0. The van der Waals surface area contributed by atoms with Crippen molar-refractivity contribution in [3.8, 4) is 0 Å². The molecular weight excluding hydrogens is 204 g/mol. The molecule has 0 N–H and O–H groups in total. The molecule has 1 aromatic rings. The normalized spacial score (nSPS) is 32.1. The van der Waals surface area contributed by atoms with Crippen LogP contribution >= 0.6 is 0 Å². The van der Waals surface area contributed by atoms with Crippen LogP contribution in [0.2, 0.25) is 0 Å². The number of aryl methyl sites for hydroxylation is 1. The van der Waals surface area contributed by atoms with Crippen molar-refractivity contribution in [3.05, 3.63) is 65.3 Å². The van der Waals surface area contributed by atoms with E-state index in [1.165, 1.54) is 23.1 Å². The zero-order chi connectivity index (χ0) is 11.4. The highest BCUT2D eigenvalue weighted by atomic mass is 14.4. The van der Waals surface area contributed by atoms with E-state index in [0.29, 0.717) is 11.8 Å². The first-order valence-corrected chi connectivity index (χ1v) is 6.50. The van der Waals surface area contributed by atoms with Gasteiger partial charge in [-0.3, -0.25) is 0 Å². The lowest BCUT2D eigenvalue weighted by Crippen LogP contribution is -2.20. The highest BCUT2D eigenvalue weighted by Gasteiger charge is 2.41. The van der Waals surface area contributed by atoms with Gasteiger partial charge in [-0.2, -0.15) is 0 Å². The molecule has 0 saturated carbocycles.